The molecule has 8 N–H and O–H groups in total. The average Bonchev–Trinajstić information content (AvgIpc) is 2.47. The molecule has 9 heteroatoms. The molecule has 0 saturated heterocycles. The molecule has 21 heavy (non-hydrogen) atoms. The molecular weight excluding hydrogens is 288 g/mol. The number of aromatic hydroxyl groups is 2. The number of aliphatic hydroxyl groups is 5. The first-order chi connectivity index (χ1) is 9.72. The van der Waals surface area contributed by atoms with E-state index in [0.29, 0.717) is 0 Å². The highest BCUT2D eigenvalue weighted by atomic mass is 16.4. The summed E-state index contributed by atoms with van der Waals surface area (Å²) in [6.45, 7) is -0.843. The molecule has 120 valence electrons. The summed E-state index contributed by atoms with van der Waals surface area (Å²) in [6, 6.07) is 6.15. The maximum Gasteiger partial charge on any atom is 0.335 e. The first-order valence-electron chi connectivity index (χ1n) is 5.75. The Bertz CT molecular complexity index is 415. The van der Waals surface area contributed by atoms with Crippen molar-refractivity contribution in [1.82, 2.24) is 0 Å². The van der Waals surface area contributed by atoms with Gasteiger partial charge in [-0.3, -0.25) is 0 Å². The van der Waals surface area contributed by atoms with Crippen LogP contribution in [0.2, 0.25) is 0 Å². The fourth-order valence-electron chi connectivity index (χ4n) is 1.13. The van der Waals surface area contributed by atoms with E-state index in [2.05, 4.69) is 0 Å². The number of carboxylic acid groups (broad SMARTS) is 1. The highest BCUT2D eigenvalue weighted by Crippen LogP contribution is 2.21. The van der Waals surface area contributed by atoms with Gasteiger partial charge >= 0.3 is 5.97 Å². The third kappa shape index (κ3) is 6.38. The lowest BCUT2D eigenvalue weighted by Crippen LogP contribution is -2.48. The first kappa shape index (κ1) is 19.1. The smallest absolute Gasteiger partial charge is 0.335 e. The van der Waals surface area contributed by atoms with Crippen molar-refractivity contribution < 1.29 is 45.6 Å². The zero-order chi connectivity index (χ0) is 16.6. The molecule has 4 atom stereocenters. The first-order valence-corrected chi connectivity index (χ1v) is 5.75. The van der Waals surface area contributed by atoms with Crippen LogP contribution in [0.4, 0.5) is 0 Å². The van der Waals surface area contributed by atoms with E-state index in [9.17, 15) is 4.79 Å². The quantitative estimate of drug-likeness (QED) is 0.275. The number of aliphatic carboxylic acids is 1. The minimum absolute atomic E-state index is 0.0764. The van der Waals surface area contributed by atoms with E-state index in [0.717, 1.165) is 0 Å². The molecule has 0 amide bonds. The van der Waals surface area contributed by atoms with Crippen LogP contribution in [0.25, 0.3) is 0 Å². The third-order valence-electron chi connectivity index (χ3n) is 2.39. The molecule has 0 aromatic heterocycles. The SMILES string of the molecule is O=C(O)[C@H](O)[C@@H](O)[C@H](O)[C@H](O)CO.Oc1ccccc1O. The van der Waals surface area contributed by atoms with Crippen LogP contribution >= 0.6 is 0 Å². The van der Waals surface area contributed by atoms with Gasteiger partial charge in [0.25, 0.3) is 0 Å². The van der Waals surface area contributed by atoms with Crippen molar-refractivity contribution in [3.8, 4) is 11.5 Å². The van der Waals surface area contributed by atoms with Gasteiger partial charge in [-0.15, -0.1) is 0 Å². The van der Waals surface area contributed by atoms with Gasteiger partial charge in [0, 0.05) is 0 Å². The Morgan fingerprint density at radius 2 is 1.38 bits per heavy atom. The highest BCUT2D eigenvalue weighted by molar-refractivity contribution is 5.72. The molecule has 0 fully saturated rings. The van der Waals surface area contributed by atoms with Crippen LogP contribution in [0.1, 0.15) is 0 Å². The second-order valence-electron chi connectivity index (χ2n) is 4.00. The van der Waals surface area contributed by atoms with Gasteiger partial charge in [-0.05, 0) is 12.1 Å². The van der Waals surface area contributed by atoms with E-state index in [1.54, 1.807) is 12.1 Å². The average molecular weight is 306 g/mol. The largest absolute Gasteiger partial charge is 0.504 e. The van der Waals surface area contributed by atoms with E-state index in [1.807, 2.05) is 0 Å². The van der Waals surface area contributed by atoms with Crippen molar-refractivity contribution in [2.75, 3.05) is 6.61 Å². The molecule has 0 aliphatic carbocycles. The molecule has 1 aromatic rings. The molecule has 0 bridgehead atoms. The molecule has 1 rings (SSSR count). The maximum atomic E-state index is 10.1. The van der Waals surface area contributed by atoms with Crippen molar-refractivity contribution in [2.24, 2.45) is 0 Å². The second-order valence-corrected chi connectivity index (χ2v) is 4.00. The lowest BCUT2D eigenvalue weighted by atomic mass is 10.0. The van der Waals surface area contributed by atoms with Gasteiger partial charge in [0.1, 0.15) is 18.3 Å². The summed E-state index contributed by atoms with van der Waals surface area (Å²) < 4.78 is 0. The van der Waals surface area contributed by atoms with Gasteiger partial charge in [-0.1, -0.05) is 12.1 Å². The number of para-hydroxylation sites is 2. The number of phenolic OH excluding ortho intramolecular Hbond substituents is 2. The van der Waals surface area contributed by atoms with Crippen LogP contribution < -0.4 is 0 Å². The topological polar surface area (TPSA) is 179 Å². The van der Waals surface area contributed by atoms with Crippen molar-refractivity contribution >= 4 is 5.97 Å². The molecule has 0 saturated carbocycles. The Morgan fingerprint density at radius 3 is 1.67 bits per heavy atom. The predicted molar refractivity (Wildman–Crippen MR) is 68.5 cm³/mol. The fourth-order valence-corrected chi connectivity index (χ4v) is 1.13. The summed E-state index contributed by atoms with van der Waals surface area (Å²) in [6.07, 6.45) is -7.84. The monoisotopic (exact) mass is 306 g/mol. The lowest BCUT2D eigenvalue weighted by Gasteiger charge is -2.23. The number of carbonyl (C=O) groups is 1. The van der Waals surface area contributed by atoms with E-state index in [1.165, 1.54) is 12.1 Å². The number of carboxylic acids is 1. The standard InChI is InChI=1S/C6H12O7.C6H6O2/c7-1-2(8)3(9)4(10)5(11)6(12)13;7-5-3-1-2-4-6(5)8/h2-5,7-11H,1H2,(H,12,13);1-4,7-8H/t2-,3-,4+,5-;/m1./s1. The summed E-state index contributed by atoms with van der Waals surface area (Å²) in [5.41, 5.74) is 0. The molecule has 0 aliphatic heterocycles. The van der Waals surface area contributed by atoms with E-state index in [4.69, 9.17) is 40.9 Å². The van der Waals surface area contributed by atoms with Crippen molar-refractivity contribution in [1.29, 1.82) is 0 Å². The summed E-state index contributed by atoms with van der Waals surface area (Å²) >= 11 is 0. The molecular formula is C12H18O9. The zero-order valence-corrected chi connectivity index (χ0v) is 10.8. The Labute approximate surface area is 119 Å². The van der Waals surface area contributed by atoms with Gasteiger partial charge in [-0.25, -0.2) is 4.79 Å². The van der Waals surface area contributed by atoms with Gasteiger partial charge in [0.15, 0.2) is 17.6 Å². The van der Waals surface area contributed by atoms with Crippen LogP contribution in [0.5, 0.6) is 11.5 Å². The fraction of sp³-hybridized carbons (Fsp3) is 0.417. The molecule has 0 radical (unpaired) electrons. The van der Waals surface area contributed by atoms with E-state index >= 15 is 0 Å². The number of hydrogen-bond acceptors (Lipinski definition) is 8. The Morgan fingerprint density at radius 1 is 0.952 bits per heavy atom. The number of rotatable bonds is 5. The molecule has 9 nitrogen and oxygen atoms in total. The van der Waals surface area contributed by atoms with Crippen LogP contribution in [0.3, 0.4) is 0 Å². The van der Waals surface area contributed by atoms with Gasteiger partial charge < -0.3 is 40.9 Å². The summed E-state index contributed by atoms with van der Waals surface area (Å²) in [4.78, 5) is 10.1. The van der Waals surface area contributed by atoms with E-state index in [-0.39, 0.29) is 11.5 Å². The van der Waals surface area contributed by atoms with Crippen molar-refractivity contribution in [2.45, 2.75) is 24.4 Å². The number of aliphatic hydroxyl groups excluding tert-OH is 5. The minimum atomic E-state index is -2.20. The van der Waals surface area contributed by atoms with Crippen LogP contribution in [-0.4, -0.2) is 77.8 Å². The van der Waals surface area contributed by atoms with Gasteiger partial charge in [-0.2, -0.15) is 0 Å². The minimum Gasteiger partial charge on any atom is -0.504 e. The summed E-state index contributed by atoms with van der Waals surface area (Å²) in [5, 5.41) is 69.2. The van der Waals surface area contributed by atoms with Gasteiger partial charge in [0.2, 0.25) is 0 Å². The predicted octanol–water partition coefficient (Wildman–Crippen LogP) is -2.40. The molecule has 1 aromatic carbocycles. The maximum absolute atomic E-state index is 10.1. The van der Waals surface area contributed by atoms with Crippen molar-refractivity contribution in [3.63, 3.8) is 0 Å². The molecule has 0 unspecified atom stereocenters. The zero-order valence-electron chi connectivity index (χ0n) is 10.8. The van der Waals surface area contributed by atoms with E-state index < -0.39 is 37.0 Å². The normalized spacial score (nSPS) is 16.0. The highest BCUT2D eigenvalue weighted by Gasteiger charge is 2.33. The number of benzene rings is 1. The van der Waals surface area contributed by atoms with Crippen LogP contribution in [0.15, 0.2) is 24.3 Å². The number of phenols is 2. The summed E-state index contributed by atoms with van der Waals surface area (Å²) in [7, 11) is 0. The number of hydrogen-bond donors (Lipinski definition) is 8. The Balaban J connectivity index is 0.000000423. The third-order valence-corrected chi connectivity index (χ3v) is 2.39. The Kier molecular flexibility index (Phi) is 8.28. The van der Waals surface area contributed by atoms with Gasteiger partial charge in [0.05, 0.1) is 6.61 Å². The molecule has 0 aliphatic rings. The molecule has 0 spiro atoms. The second kappa shape index (κ2) is 9.10. The van der Waals surface area contributed by atoms with Crippen LogP contribution in [0, 0.1) is 0 Å². The Hall–Kier alpha value is -1.91. The summed E-state index contributed by atoms with van der Waals surface area (Å²) in [5.74, 6) is -1.88. The lowest BCUT2D eigenvalue weighted by molar-refractivity contribution is -0.164. The van der Waals surface area contributed by atoms with Crippen LogP contribution in [-0.2, 0) is 4.79 Å². The molecule has 0 heterocycles. The van der Waals surface area contributed by atoms with Crippen molar-refractivity contribution in [3.05, 3.63) is 24.3 Å².